The molecule has 0 N–H and O–H groups in total. The van der Waals surface area contributed by atoms with Crippen LogP contribution in [0.15, 0.2) is 16.6 Å². The van der Waals surface area contributed by atoms with Crippen molar-refractivity contribution in [3.05, 3.63) is 11.6 Å². The molecule has 0 aromatic heterocycles. The van der Waals surface area contributed by atoms with Gasteiger partial charge in [0.05, 0.1) is 6.54 Å². The lowest BCUT2D eigenvalue weighted by molar-refractivity contribution is 0.0194. The largest absolute Gasteiger partial charge is 0.444 e. The zero-order valence-corrected chi connectivity index (χ0v) is 12.4. The number of hydrogen-bond acceptors (Lipinski definition) is 3. The highest BCUT2D eigenvalue weighted by Crippen LogP contribution is 2.27. The van der Waals surface area contributed by atoms with Crippen molar-refractivity contribution >= 4 is 11.8 Å². The van der Waals surface area contributed by atoms with E-state index in [1.165, 1.54) is 5.57 Å². The summed E-state index contributed by atoms with van der Waals surface area (Å²) in [6.07, 6.45) is 4.06. The number of hydrogen-bond donors (Lipinski definition) is 0. The molecule has 0 saturated carbocycles. The molecule has 2 heterocycles. The van der Waals surface area contributed by atoms with Crippen LogP contribution in [0, 0.1) is 5.92 Å². The smallest absolute Gasteiger partial charge is 0.410 e. The Bertz CT molecular complexity index is 410. The van der Waals surface area contributed by atoms with Crippen LogP contribution in [-0.4, -0.2) is 41.9 Å². The van der Waals surface area contributed by atoms with E-state index in [-0.39, 0.29) is 6.09 Å². The number of allylic oxidation sites excluding steroid dienone is 1. The highest BCUT2D eigenvalue weighted by Gasteiger charge is 2.28. The van der Waals surface area contributed by atoms with Gasteiger partial charge in [-0.1, -0.05) is 0 Å². The fraction of sp³-hybridized carbons (Fsp3) is 0.733. The maximum absolute atomic E-state index is 12.0. The van der Waals surface area contributed by atoms with Crippen molar-refractivity contribution < 1.29 is 9.53 Å². The summed E-state index contributed by atoms with van der Waals surface area (Å²) in [5.74, 6) is 0.583. The second-order valence-corrected chi connectivity index (χ2v) is 6.42. The van der Waals surface area contributed by atoms with E-state index in [0.29, 0.717) is 5.92 Å². The molecule has 0 aromatic rings. The van der Waals surface area contributed by atoms with Crippen LogP contribution in [0.25, 0.3) is 0 Å². The molecular weight excluding hydrogens is 240 g/mol. The second kappa shape index (κ2) is 5.35. The Morgan fingerprint density at radius 1 is 1.37 bits per heavy atom. The Kier molecular flexibility index (Phi) is 3.97. The molecule has 1 amide bonds. The van der Waals surface area contributed by atoms with E-state index in [2.05, 4.69) is 11.1 Å². The maximum atomic E-state index is 12.0. The van der Waals surface area contributed by atoms with Crippen molar-refractivity contribution in [1.82, 2.24) is 4.90 Å². The first-order chi connectivity index (χ1) is 8.85. The van der Waals surface area contributed by atoms with Gasteiger partial charge in [0.25, 0.3) is 0 Å². The van der Waals surface area contributed by atoms with Crippen LogP contribution >= 0.6 is 0 Å². The van der Waals surface area contributed by atoms with Gasteiger partial charge in [-0.25, -0.2) is 4.79 Å². The molecule has 1 saturated heterocycles. The lowest BCUT2D eigenvalue weighted by Crippen LogP contribution is -2.42. The Balaban J connectivity index is 1.83. The van der Waals surface area contributed by atoms with Gasteiger partial charge in [0, 0.05) is 18.8 Å². The molecule has 19 heavy (non-hydrogen) atoms. The summed E-state index contributed by atoms with van der Waals surface area (Å²) < 4.78 is 5.40. The summed E-state index contributed by atoms with van der Waals surface area (Å²) >= 11 is 0. The molecule has 106 valence electrons. The summed E-state index contributed by atoms with van der Waals surface area (Å²) in [5.41, 5.74) is 2.15. The number of aliphatic imine (C=N–C) groups is 1. The Morgan fingerprint density at radius 3 is 2.47 bits per heavy atom. The molecule has 2 aliphatic rings. The standard InChI is InChI=1S/C15H24N2O2/c1-11-9-13(10-16-11)12-5-7-17(8-6-12)14(18)19-15(2,3)4/h9,12H,5-8,10H2,1-4H3. The van der Waals surface area contributed by atoms with Crippen LogP contribution in [0.3, 0.4) is 0 Å². The van der Waals surface area contributed by atoms with Crippen molar-refractivity contribution in [3.63, 3.8) is 0 Å². The number of carbonyl (C=O) groups is 1. The summed E-state index contributed by atoms with van der Waals surface area (Å²) in [6, 6.07) is 0. The van der Waals surface area contributed by atoms with Gasteiger partial charge in [0.15, 0.2) is 0 Å². The molecule has 0 spiro atoms. The van der Waals surface area contributed by atoms with Crippen LogP contribution in [-0.2, 0) is 4.74 Å². The molecule has 4 nitrogen and oxygen atoms in total. The summed E-state index contributed by atoms with van der Waals surface area (Å²) in [6.45, 7) is 10.2. The van der Waals surface area contributed by atoms with E-state index in [0.717, 1.165) is 38.2 Å². The molecule has 2 rings (SSSR count). The van der Waals surface area contributed by atoms with Gasteiger partial charge >= 0.3 is 6.09 Å². The number of piperidine rings is 1. The first-order valence-corrected chi connectivity index (χ1v) is 7.04. The predicted octanol–water partition coefficient (Wildman–Crippen LogP) is 3.03. The number of rotatable bonds is 1. The third kappa shape index (κ3) is 3.82. The third-order valence-corrected chi connectivity index (χ3v) is 3.58. The fourth-order valence-electron chi connectivity index (χ4n) is 2.58. The zero-order chi connectivity index (χ0) is 14.0. The topological polar surface area (TPSA) is 41.9 Å². The Labute approximate surface area is 115 Å². The van der Waals surface area contributed by atoms with Crippen molar-refractivity contribution in [2.75, 3.05) is 19.6 Å². The molecule has 0 unspecified atom stereocenters. The van der Waals surface area contributed by atoms with Gasteiger partial charge in [-0.2, -0.15) is 0 Å². The highest BCUT2D eigenvalue weighted by atomic mass is 16.6. The molecule has 0 aromatic carbocycles. The Hall–Kier alpha value is -1.32. The predicted molar refractivity (Wildman–Crippen MR) is 76.6 cm³/mol. The average molecular weight is 264 g/mol. The Morgan fingerprint density at radius 2 is 2.00 bits per heavy atom. The molecule has 0 atom stereocenters. The minimum absolute atomic E-state index is 0.182. The number of nitrogens with zero attached hydrogens (tertiary/aromatic N) is 2. The third-order valence-electron chi connectivity index (χ3n) is 3.58. The van der Waals surface area contributed by atoms with Crippen molar-refractivity contribution in [3.8, 4) is 0 Å². The van der Waals surface area contributed by atoms with E-state index in [4.69, 9.17) is 4.74 Å². The lowest BCUT2D eigenvalue weighted by atomic mass is 9.89. The van der Waals surface area contributed by atoms with Crippen LogP contribution in [0.5, 0.6) is 0 Å². The van der Waals surface area contributed by atoms with Gasteiger partial charge in [0.2, 0.25) is 0 Å². The SMILES string of the molecule is CC1=NCC(C2CCN(C(=O)OC(C)(C)C)CC2)=C1. The van der Waals surface area contributed by atoms with E-state index in [9.17, 15) is 4.79 Å². The van der Waals surface area contributed by atoms with Crippen LogP contribution in [0.1, 0.15) is 40.5 Å². The molecule has 0 radical (unpaired) electrons. The summed E-state index contributed by atoms with van der Waals surface area (Å²) in [5, 5.41) is 0. The average Bonchev–Trinajstić information content (AvgIpc) is 2.74. The maximum Gasteiger partial charge on any atom is 0.410 e. The molecule has 0 aliphatic carbocycles. The van der Waals surface area contributed by atoms with E-state index < -0.39 is 5.60 Å². The second-order valence-electron chi connectivity index (χ2n) is 6.42. The van der Waals surface area contributed by atoms with Gasteiger partial charge < -0.3 is 9.64 Å². The van der Waals surface area contributed by atoms with Crippen LogP contribution in [0.2, 0.25) is 0 Å². The summed E-state index contributed by atoms with van der Waals surface area (Å²) in [4.78, 5) is 18.2. The molecule has 0 bridgehead atoms. The van der Waals surface area contributed by atoms with Crippen molar-refractivity contribution in [2.45, 2.75) is 46.1 Å². The van der Waals surface area contributed by atoms with Gasteiger partial charge in [0.1, 0.15) is 5.60 Å². The normalized spacial score (nSPS) is 21.2. The first-order valence-electron chi connectivity index (χ1n) is 7.04. The molecule has 1 fully saturated rings. The monoisotopic (exact) mass is 264 g/mol. The van der Waals surface area contributed by atoms with E-state index >= 15 is 0 Å². The summed E-state index contributed by atoms with van der Waals surface area (Å²) in [7, 11) is 0. The van der Waals surface area contributed by atoms with Crippen molar-refractivity contribution in [1.29, 1.82) is 0 Å². The fourth-order valence-corrected chi connectivity index (χ4v) is 2.58. The van der Waals surface area contributed by atoms with Gasteiger partial charge in [-0.15, -0.1) is 0 Å². The minimum atomic E-state index is -0.410. The van der Waals surface area contributed by atoms with Crippen molar-refractivity contribution in [2.24, 2.45) is 10.9 Å². The van der Waals surface area contributed by atoms with E-state index in [1.807, 2.05) is 32.6 Å². The molecule has 2 aliphatic heterocycles. The van der Waals surface area contributed by atoms with Gasteiger partial charge in [-0.05, 0) is 58.1 Å². The number of likely N-dealkylation sites (tertiary alicyclic amines) is 1. The van der Waals surface area contributed by atoms with Crippen LogP contribution < -0.4 is 0 Å². The number of ether oxygens (including phenoxy) is 1. The lowest BCUT2D eigenvalue weighted by Gasteiger charge is -2.33. The zero-order valence-electron chi connectivity index (χ0n) is 12.4. The van der Waals surface area contributed by atoms with E-state index in [1.54, 1.807) is 0 Å². The minimum Gasteiger partial charge on any atom is -0.444 e. The number of amides is 1. The highest BCUT2D eigenvalue weighted by molar-refractivity contribution is 5.95. The van der Waals surface area contributed by atoms with Gasteiger partial charge in [-0.3, -0.25) is 4.99 Å². The first kappa shape index (κ1) is 14.1. The number of carbonyl (C=O) groups excluding carboxylic acids is 1. The molecule has 4 heteroatoms. The molecular formula is C15H24N2O2. The van der Waals surface area contributed by atoms with Crippen LogP contribution in [0.4, 0.5) is 4.79 Å². The quantitative estimate of drug-likeness (QED) is 0.730.